The van der Waals surface area contributed by atoms with E-state index in [0.717, 1.165) is 0 Å². The fourth-order valence-corrected chi connectivity index (χ4v) is 2.44. The molecule has 0 saturated carbocycles. The number of thiazole rings is 1. The number of hydrogen-bond donors (Lipinski definition) is 2. The van der Waals surface area contributed by atoms with Crippen LogP contribution in [0.1, 0.15) is 29.4 Å². The number of aliphatic carboxylic acids is 1. The van der Waals surface area contributed by atoms with Gasteiger partial charge in [0, 0.05) is 11.4 Å². The Morgan fingerprint density at radius 3 is 2.61 bits per heavy atom. The lowest BCUT2D eigenvalue weighted by molar-refractivity contribution is -0.136. The number of carboxylic acid groups (broad SMARTS) is 1. The van der Waals surface area contributed by atoms with E-state index in [0.29, 0.717) is 28.0 Å². The van der Waals surface area contributed by atoms with Crippen molar-refractivity contribution in [2.75, 3.05) is 6.54 Å². The van der Waals surface area contributed by atoms with Gasteiger partial charge in [0.05, 0.1) is 18.5 Å². The summed E-state index contributed by atoms with van der Waals surface area (Å²) in [7, 11) is 0. The molecule has 5 nitrogen and oxygen atoms in total. The van der Waals surface area contributed by atoms with Crippen molar-refractivity contribution in [3.8, 4) is 0 Å². The number of rotatable bonds is 6. The van der Waals surface area contributed by atoms with Gasteiger partial charge in [0.1, 0.15) is 5.01 Å². The predicted molar refractivity (Wildman–Crippen MR) is 69.7 cm³/mol. The molecule has 2 N–H and O–H groups in total. The van der Waals surface area contributed by atoms with Crippen LogP contribution < -0.4 is 5.32 Å². The Bertz CT molecular complexity index is 441. The van der Waals surface area contributed by atoms with Gasteiger partial charge < -0.3 is 10.4 Å². The number of carbonyl (C=O) groups is 2. The lowest BCUT2D eigenvalue weighted by atomic mass is 10.2. The summed E-state index contributed by atoms with van der Waals surface area (Å²) in [6, 6.07) is 0. The maximum absolute atomic E-state index is 11.6. The van der Waals surface area contributed by atoms with E-state index in [9.17, 15) is 9.59 Å². The third-order valence-corrected chi connectivity index (χ3v) is 3.43. The van der Waals surface area contributed by atoms with Crippen molar-refractivity contribution in [1.82, 2.24) is 10.3 Å². The van der Waals surface area contributed by atoms with Gasteiger partial charge in [-0.25, -0.2) is 4.98 Å². The van der Waals surface area contributed by atoms with Crippen LogP contribution in [0.4, 0.5) is 0 Å². The summed E-state index contributed by atoms with van der Waals surface area (Å²) in [5.74, 6) is -0.536. The average molecular weight is 270 g/mol. The fourth-order valence-electron chi connectivity index (χ4n) is 1.38. The van der Waals surface area contributed by atoms with Crippen LogP contribution in [0.3, 0.4) is 0 Å². The Hall–Kier alpha value is -1.43. The minimum absolute atomic E-state index is 0.0306. The quantitative estimate of drug-likeness (QED) is 0.818. The van der Waals surface area contributed by atoms with E-state index < -0.39 is 5.97 Å². The van der Waals surface area contributed by atoms with E-state index in [2.05, 4.69) is 10.3 Å². The second-order valence-electron chi connectivity index (χ2n) is 4.56. The number of carbonyl (C=O) groups excluding carboxylic acids is 1. The van der Waals surface area contributed by atoms with Crippen LogP contribution in [0, 0.1) is 12.8 Å². The van der Waals surface area contributed by atoms with E-state index >= 15 is 0 Å². The molecule has 0 spiro atoms. The summed E-state index contributed by atoms with van der Waals surface area (Å²) in [5.41, 5.74) is 0.703. The van der Waals surface area contributed by atoms with Crippen molar-refractivity contribution < 1.29 is 14.7 Å². The first kappa shape index (κ1) is 14.6. The second kappa shape index (κ2) is 6.49. The molecule has 18 heavy (non-hydrogen) atoms. The molecule has 1 heterocycles. The summed E-state index contributed by atoms with van der Waals surface area (Å²) in [6.45, 7) is 6.47. The highest BCUT2D eigenvalue weighted by molar-refractivity contribution is 7.11. The summed E-state index contributed by atoms with van der Waals surface area (Å²) >= 11 is 1.30. The van der Waals surface area contributed by atoms with Crippen LogP contribution in [-0.2, 0) is 22.4 Å². The molecule has 0 aromatic carbocycles. The monoisotopic (exact) mass is 270 g/mol. The van der Waals surface area contributed by atoms with Crippen molar-refractivity contribution in [2.45, 2.75) is 33.6 Å². The summed E-state index contributed by atoms with van der Waals surface area (Å²) < 4.78 is 0. The van der Waals surface area contributed by atoms with Gasteiger partial charge in [-0.05, 0) is 12.8 Å². The van der Waals surface area contributed by atoms with Crippen molar-refractivity contribution in [2.24, 2.45) is 5.92 Å². The Morgan fingerprint density at radius 1 is 1.39 bits per heavy atom. The van der Waals surface area contributed by atoms with Crippen molar-refractivity contribution in [1.29, 1.82) is 0 Å². The summed E-state index contributed by atoms with van der Waals surface area (Å²) in [4.78, 5) is 27.2. The molecule has 0 aliphatic heterocycles. The van der Waals surface area contributed by atoms with Gasteiger partial charge in [0.15, 0.2) is 0 Å². The van der Waals surface area contributed by atoms with Crippen LogP contribution in [-0.4, -0.2) is 28.5 Å². The number of nitrogens with zero attached hydrogens (tertiary/aromatic N) is 1. The zero-order valence-electron chi connectivity index (χ0n) is 10.8. The predicted octanol–water partition coefficient (Wildman–Crippen LogP) is 1.39. The zero-order chi connectivity index (χ0) is 13.7. The van der Waals surface area contributed by atoms with Gasteiger partial charge in [0.2, 0.25) is 5.91 Å². The normalized spacial score (nSPS) is 10.7. The average Bonchev–Trinajstić information content (AvgIpc) is 2.55. The first-order chi connectivity index (χ1) is 8.38. The van der Waals surface area contributed by atoms with Crippen LogP contribution in [0.25, 0.3) is 0 Å². The van der Waals surface area contributed by atoms with Crippen LogP contribution >= 0.6 is 11.3 Å². The molecule has 0 atom stereocenters. The third kappa shape index (κ3) is 4.83. The number of aryl methyl sites for hydroxylation is 1. The lowest BCUT2D eigenvalue weighted by Crippen LogP contribution is -2.28. The first-order valence-electron chi connectivity index (χ1n) is 5.82. The molecule has 1 aromatic heterocycles. The number of carboxylic acids is 1. The first-order valence-corrected chi connectivity index (χ1v) is 6.63. The molecule has 0 fully saturated rings. The van der Waals surface area contributed by atoms with Gasteiger partial charge in [-0.2, -0.15) is 0 Å². The van der Waals surface area contributed by atoms with Crippen LogP contribution in [0.15, 0.2) is 0 Å². The van der Waals surface area contributed by atoms with Gasteiger partial charge in [-0.1, -0.05) is 13.8 Å². The Kier molecular flexibility index (Phi) is 5.27. The van der Waals surface area contributed by atoms with E-state index in [-0.39, 0.29) is 18.7 Å². The van der Waals surface area contributed by atoms with Gasteiger partial charge in [-0.3, -0.25) is 9.59 Å². The standard InChI is InChI=1S/C12H18N2O3S/c1-7(2)6-13-10(15)5-11-14-8(3)9(18-11)4-12(16)17/h7H,4-6H2,1-3H3,(H,13,15)(H,16,17). The Labute approximate surface area is 110 Å². The third-order valence-electron chi connectivity index (χ3n) is 2.27. The van der Waals surface area contributed by atoms with E-state index in [1.54, 1.807) is 6.92 Å². The molecular weight excluding hydrogens is 252 g/mol. The summed E-state index contributed by atoms with van der Waals surface area (Å²) in [6.07, 6.45) is 0.189. The second-order valence-corrected chi connectivity index (χ2v) is 5.73. The largest absolute Gasteiger partial charge is 0.481 e. The van der Waals surface area contributed by atoms with Gasteiger partial charge >= 0.3 is 5.97 Å². The lowest BCUT2D eigenvalue weighted by Gasteiger charge is -2.05. The maximum atomic E-state index is 11.6. The fraction of sp³-hybridized carbons (Fsp3) is 0.583. The number of hydrogen-bond acceptors (Lipinski definition) is 4. The number of aromatic nitrogens is 1. The van der Waals surface area contributed by atoms with Crippen molar-refractivity contribution in [3.05, 3.63) is 15.6 Å². The highest BCUT2D eigenvalue weighted by atomic mass is 32.1. The number of amides is 1. The van der Waals surface area contributed by atoms with Crippen molar-refractivity contribution in [3.63, 3.8) is 0 Å². The van der Waals surface area contributed by atoms with Gasteiger partial charge in [0.25, 0.3) is 0 Å². The van der Waals surface area contributed by atoms with Crippen LogP contribution in [0.5, 0.6) is 0 Å². The minimum Gasteiger partial charge on any atom is -0.481 e. The topological polar surface area (TPSA) is 79.3 Å². The molecule has 1 rings (SSSR count). The summed E-state index contributed by atoms with van der Waals surface area (Å²) in [5, 5.41) is 12.2. The highest BCUT2D eigenvalue weighted by Crippen LogP contribution is 2.19. The van der Waals surface area contributed by atoms with E-state index in [1.807, 2.05) is 13.8 Å². The molecule has 0 aliphatic carbocycles. The molecule has 0 bridgehead atoms. The van der Waals surface area contributed by atoms with E-state index in [1.165, 1.54) is 11.3 Å². The van der Waals surface area contributed by atoms with Crippen molar-refractivity contribution >= 4 is 23.2 Å². The van der Waals surface area contributed by atoms with Crippen LogP contribution in [0.2, 0.25) is 0 Å². The number of nitrogens with one attached hydrogen (secondary N) is 1. The molecule has 0 aliphatic rings. The SMILES string of the molecule is Cc1nc(CC(=O)NCC(C)C)sc1CC(=O)O. The minimum atomic E-state index is -0.877. The molecule has 100 valence electrons. The molecule has 1 aromatic rings. The molecule has 6 heteroatoms. The molecule has 0 radical (unpaired) electrons. The highest BCUT2D eigenvalue weighted by Gasteiger charge is 2.13. The Balaban J connectivity index is 2.57. The van der Waals surface area contributed by atoms with Gasteiger partial charge in [-0.15, -0.1) is 11.3 Å². The zero-order valence-corrected chi connectivity index (χ0v) is 11.6. The molecule has 0 unspecified atom stereocenters. The molecular formula is C12H18N2O3S. The molecule has 0 saturated heterocycles. The Morgan fingerprint density at radius 2 is 2.06 bits per heavy atom. The molecule has 1 amide bonds. The van der Waals surface area contributed by atoms with E-state index in [4.69, 9.17) is 5.11 Å². The maximum Gasteiger partial charge on any atom is 0.308 e. The smallest absolute Gasteiger partial charge is 0.308 e.